The third-order valence-electron chi connectivity index (χ3n) is 2.21. The maximum Gasteiger partial charge on any atom is 0.377 e. The molecule has 76 valence electrons. The first kappa shape index (κ1) is 10.3. The van der Waals surface area contributed by atoms with Gasteiger partial charge in [-0.25, -0.2) is 4.79 Å². The van der Waals surface area contributed by atoms with Gasteiger partial charge in [0.05, 0.1) is 0 Å². The fourth-order valence-electron chi connectivity index (χ4n) is 1.36. The SMILES string of the molecule is O=C(O)C(F)(F)C1(O)CCCNC1. The van der Waals surface area contributed by atoms with Crippen molar-refractivity contribution >= 4 is 5.97 Å². The van der Waals surface area contributed by atoms with E-state index in [4.69, 9.17) is 5.11 Å². The number of carbonyl (C=O) groups is 1. The van der Waals surface area contributed by atoms with Gasteiger partial charge in [-0.15, -0.1) is 0 Å². The quantitative estimate of drug-likeness (QED) is 0.571. The highest BCUT2D eigenvalue weighted by Gasteiger charge is 2.58. The zero-order chi connectivity index (χ0) is 10.1. The smallest absolute Gasteiger partial charge is 0.377 e. The summed E-state index contributed by atoms with van der Waals surface area (Å²) in [6.45, 7) is 0.143. The normalized spacial score (nSPS) is 30.1. The van der Waals surface area contributed by atoms with Gasteiger partial charge in [-0.3, -0.25) is 0 Å². The number of aliphatic carboxylic acids is 1. The van der Waals surface area contributed by atoms with E-state index in [1.165, 1.54) is 0 Å². The van der Waals surface area contributed by atoms with E-state index in [0.717, 1.165) is 0 Å². The highest BCUT2D eigenvalue weighted by atomic mass is 19.3. The molecule has 1 atom stereocenters. The molecule has 1 aliphatic heterocycles. The Hall–Kier alpha value is -0.750. The molecule has 1 heterocycles. The molecule has 1 aliphatic rings. The van der Waals surface area contributed by atoms with E-state index in [-0.39, 0.29) is 13.0 Å². The summed E-state index contributed by atoms with van der Waals surface area (Å²) < 4.78 is 25.9. The number of halogens is 2. The highest BCUT2D eigenvalue weighted by Crippen LogP contribution is 2.34. The average molecular weight is 195 g/mol. The first-order valence-electron chi connectivity index (χ1n) is 3.94. The molecule has 0 spiro atoms. The summed E-state index contributed by atoms with van der Waals surface area (Å²) in [6, 6.07) is 0. The van der Waals surface area contributed by atoms with Crippen LogP contribution in [-0.2, 0) is 4.79 Å². The maximum atomic E-state index is 12.9. The Balaban J connectivity index is 2.82. The van der Waals surface area contributed by atoms with Crippen LogP contribution in [0.5, 0.6) is 0 Å². The third kappa shape index (κ3) is 1.64. The summed E-state index contributed by atoms with van der Waals surface area (Å²) in [7, 11) is 0. The van der Waals surface area contributed by atoms with Crippen molar-refractivity contribution in [1.82, 2.24) is 5.32 Å². The van der Waals surface area contributed by atoms with Crippen molar-refractivity contribution in [2.45, 2.75) is 24.4 Å². The van der Waals surface area contributed by atoms with Crippen LogP contribution >= 0.6 is 0 Å². The molecule has 0 radical (unpaired) electrons. The summed E-state index contributed by atoms with van der Waals surface area (Å²) in [6.07, 6.45) is 0.151. The van der Waals surface area contributed by atoms with Gasteiger partial charge < -0.3 is 15.5 Å². The van der Waals surface area contributed by atoms with E-state index in [0.29, 0.717) is 13.0 Å². The van der Waals surface area contributed by atoms with Crippen LogP contribution < -0.4 is 5.32 Å². The fourth-order valence-corrected chi connectivity index (χ4v) is 1.36. The van der Waals surface area contributed by atoms with Gasteiger partial charge in [-0.05, 0) is 19.4 Å². The lowest BCUT2D eigenvalue weighted by Gasteiger charge is -2.36. The lowest BCUT2D eigenvalue weighted by atomic mass is 9.87. The number of carboxylic acids is 1. The number of aliphatic hydroxyl groups is 1. The minimum Gasteiger partial charge on any atom is -0.477 e. The molecule has 1 rings (SSSR count). The van der Waals surface area contributed by atoms with Crippen LogP contribution in [0.2, 0.25) is 0 Å². The van der Waals surface area contributed by atoms with Crippen molar-refractivity contribution < 1.29 is 23.8 Å². The molecule has 3 N–H and O–H groups in total. The van der Waals surface area contributed by atoms with Gasteiger partial charge in [-0.1, -0.05) is 0 Å². The van der Waals surface area contributed by atoms with Gasteiger partial charge >= 0.3 is 11.9 Å². The molecular weight excluding hydrogens is 184 g/mol. The molecule has 0 aromatic heterocycles. The van der Waals surface area contributed by atoms with E-state index in [1.54, 1.807) is 0 Å². The van der Waals surface area contributed by atoms with Crippen LogP contribution in [0, 0.1) is 0 Å². The fraction of sp³-hybridized carbons (Fsp3) is 0.857. The van der Waals surface area contributed by atoms with Crippen molar-refractivity contribution in [2.24, 2.45) is 0 Å². The van der Waals surface area contributed by atoms with E-state index in [2.05, 4.69) is 5.32 Å². The predicted molar refractivity (Wildman–Crippen MR) is 39.6 cm³/mol. The van der Waals surface area contributed by atoms with Crippen LogP contribution in [0.3, 0.4) is 0 Å². The average Bonchev–Trinajstić information content (AvgIpc) is 2.05. The summed E-state index contributed by atoms with van der Waals surface area (Å²) >= 11 is 0. The highest BCUT2D eigenvalue weighted by molar-refractivity contribution is 5.77. The lowest BCUT2D eigenvalue weighted by Crippen LogP contribution is -2.60. The van der Waals surface area contributed by atoms with Crippen molar-refractivity contribution in [3.05, 3.63) is 0 Å². The number of β-amino-alcohol motifs (C(OH)–C–C–N with tert-alkyl or cyclic N) is 1. The molecule has 13 heavy (non-hydrogen) atoms. The van der Waals surface area contributed by atoms with Crippen LogP contribution in [0.15, 0.2) is 0 Å². The van der Waals surface area contributed by atoms with E-state index in [9.17, 15) is 18.7 Å². The molecular formula is C7H11F2NO3. The molecule has 0 bridgehead atoms. The van der Waals surface area contributed by atoms with Crippen molar-refractivity contribution in [3.63, 3.8) is 0 Å². The summed E-state index contributed by atoms with van der Waals surface area (Å²) in [5, 5.41) is 20.1. The first-order valence-corrected chi connectivity index (χ1v) is 3.94. The number of alkyl halides is 2. The Morgan fingerprint density at radius 3 is 2.54 bits per heavy atom. The number of piperidine rings is 1. The van der Waals surface area contributed by atoms with Crippen molar-refractivity contribution in [3.8, 4) is 0 Å². The second-order valence-corrected chi connectivity index (χ2v) is 3.19. The molecule has 6 heteroatoms. The number of hydrogen-bond donors (Lipinski definition) is 3. The second kappa shape index (κ2) is 3.19. The molecule has 0 aliphatic carbocycles. The first-order chi connectivity index (χ1) is 5.90. The third-order valence-corrected chi connectivity index (χ3v) is 2.21. The zero-order valence-corrected chi connectivity index (χ0v) is 6.89. The Morgan fingerprint density at radius 2 is 2.15 bits per heavy atom. The lowest BCUT2D eigenvalue weighted by molar-refractivity contribution is -0.211. The standard InChI is InChI=1S/C7H11F2NO3/c8-7(9,5(11)12)6(13)2-1-3-10-4-6/h10,13H,1-4H2,(H,11,12). The number of rotatable bonds is 2. The number of nitrogens with one attached hydrogen (secondary N) is 1. The monoisotopic (exact) mass is 195 g/mol. The summed E-state index contributed by atoms with van der Waals surface area (Å²) in [5.41, 5.74) is -2.45. The summed E-state index contributed by atoms with van der Waals surface area (Å²) in [4.78, 5) is 10.2. The van der Waals surface area contributed by atoms with Crippen LogP contribution in [0.4, 0.5) is 8.78 Å². The van der Waals surface area contributed by atoms with Gasteiger partial charge in [-0.2, -0.15) is 8.78 Å². The van der Waals surface area contributed by atoms with E-state index < -0.39 is 17.5 Å². The molecule has 0 saturated carbocycles. The van der Waals surface area contributed by atoms with Gasteiger partial charge in [0.1, 0.15) is 0 Å². The minimum atomic E-state index is -4.08. The largest absolute Gasteiger partial charge is 0.477 e. The summed E-state index contributed by atoms with van der Waals surface area (Å²) in [5.74, 6) is -6.36. The van der Waals surface area contributed by atoms with E-state index in [1.807, 2.05) is 0 Å². The maximum absolute atomic E-state index is 12.9. The van der Waals surface area contributed by atoms with Gasteiger partial charge in [0.25, 0.3) is 0 Å². The van der Waals surface area contributed by atoms with Gasteiger partial charge in [0, 0.05) is 6.54 Å². The zero-order valence-electron chi connectivity index (χ0n) is 6.89. The molecule has 1 unspecified atom stereocenters. The number of carboxylic acid groups (broad SMARTS) is 1. The molecule has 1 fully saturated rings. The predicted octanol–water partition coefficient (Wildman–Crippen LogP) is -0.179. The molecule has 0 aromatic rings. The Bertz CT molecular complexity index is 214. The molecule has 1 saturated heterocycles. The van der Waals surface area contributed by atoms with E-state index >= 15 is 0 Å². The minimum absolute atomic E-state index is 0.195. The van der Waals surface area contributed by atoms with Crippen molar-refractivity contribution in [2.75, 3.05) is 13.1 Å². The Labute approximate surface area is 73.6 Å². The molecule has 0 aromatic carbocycles. The number of hydrogen-bond acceptors (Lipinski definition) is 3. The Morgan fingerprint density at radius 1 is 1.54 bits per heavy atom. The molecule has 4 nitrogen and oxygen atoms in total. The van der Waals surface area contributed by atoms with Crippen molar-refractivity contribution in [1.29, 1.82) is 0 Å². The Kier molecular flexibility index (Phi) is 2.53. The van der Waals surface area contributed by atoms with Gasteiger partial charge in [0.15, 0.2) is 5.60 Å². The van der Waals surface area contributed by atoms with Crippen LogP contribution in [0.25, 0.3) is 0 Å². The van der Waals surface area contributed by atoms with Crippen LogP contribution in [-0.4, -0.2) is 40.8 Å². The van der Waals surface area contributed by atoms with Crippen LogP contribution in [0.1, 0.15) is 12.8 Å². The molecule has 0 amide bonds. The van der Waals surface area contributed by atoms with Gasteiger partial charge in [0.2, 0.25) is 0 Å². The second-order valence-electron chi connectivity index (χ2n) is 3.19. The topological polar surface area (TPSA) is 69.6 Å².